The molecule has 0 aromatic carbocycles. The number of aliphatic carboxylic acids is 1. The monoisotopic (exact) mass is 244 g/mol. The maximum absolute atomic E-state index is 11.6. The number of carbonyl (C=O) groups is 3. The highest BCUT2D eigenvalue weighted by Crippen LogP contribution is 1.99. The van der Waals surface area contributed by atoms with Crippen LogP contribution in [0.3, 0.4) is 0 Å². The summed E-state index contributed by atoms with van der Waals surface area (Å²) in [6.07, 6.45) is -0.359. The first-order valence-electron chi connectivity index (χ1n) is 5.45. The fourth-order valence-electron chi connectivity index (χ4n) is 1.08. The van der Waals surface area contributed by atoms with Gasteiger partial charge in [-0.1, -0.05) is 0 Å². The van der Waals surface area contributed by atoms with Crippen LogP contribution >= 0.6 is 0 Å². The summed E-state index contributed by atoms with van der Waals surface area (Å²) in [6, 6.07) is -0.671. The molecule has 0 aliphatic carbocycles. The molecule has 0 aromatic rings. The third-order valence-corrected chi connectivity index (χ3v) is 1.83. The Balaban J connectivity index is 4.08. The van der Waals surface area contributed by atoms with E-state index in [1.54, 1.807) is 6.92 Å². The van der Waals surface area contributed by atoms with Crippen LogP contribution in [0.4, 0.5) is 0 Å². The van der Waals surface area contributed by atoms with Crippen LogP contribution in [0.1, 0.15) is 40.5 Å². The quantitative estimate of drug-likeness (QED) is 0.647. The van der Waals surface area contributed by atoms with Gasteiger partial charge in [-0.15, -0.1) is 0 Å². The zero-order valence-electron chi connectivity index (χ0n) is 10.7. The molecule has 98 valence electrons. The Kier molecular flexibility index (Phi) is 5.64. The molecule has 0 heterocycles. The fraction of sp³-hybridized carbons (Fsp3) is 0.727. The van der Waals surface area contributed by atoms with Crippen LogP contribution in [-0.4, -0.2) is 34.5 Å². The van der Waals surface area contributed by atoms with Crippen LogP contribution in [0.5, 0.6) is 0 Å². The molecule has 0 saturated heterocycles. The zero-order valence-corrected chi connectivity index (χ0v) is 10.7. The van der Waals surface area contributed by atoms with E-state index in [2.05, 4.69) is 10.6 Å². The van der Waals surface area contributed by atoms with Gasteiger partial charge in [-0.25, -0.2) is 0 Å². The molecule has 1 atom stereocenters. The van der Waals surface area contributed by atoms with Crippen molar-refractivity contribution in [2.24, 2.45) is 0 Å². The van der Waals surface area contributed by atoms with E-state index in [0.29, 0.717) is 0 Å². The van der Waals surface area contributed by atoms with E-state index in [4.69, 9.17) is 5.11 Å². The molecule has 0 spiro atoms. The third-order valence-electron chi connectivity index (χ3n) is 1.83. The second kappa shape index (κ2) is 6.22. The molecule has 0 aromatic heterocycles. The molecule has 6 heteroatoms. The van der Waals surface area contributed by atoms with Gasteiger partial charge in [-0.05, 0) is 27.7 Å². The van der Waals surface area contributed by atoms with Crippen LogP contribution in [0.25, 0.3) is 0 Å². The van der Waals surface area contributed by atoms with E-state index < -0.39 is 17.9 Å². The van der Waals surface area contributed by atoms with Gasteiger partial charge in [0.2, 0.25) is 11.8 Å². The predicted molar refractivity (Wildman–Crippen MR) is 62.4 cm³/mol. The van der Waals surface area contributed by atoms with Crippen LogP contribution < -0.4 is 10.6 Å². The Hall–Kier alpha value is -1.59. The molecule has 0 bridgehead atoms. The minimum atomic E-state index is -1.04. The van der Waals surface area contributed by atoms with Crippen molar-refractivity contribution in [2.45, 2.75) is 52.1 Å². The van der Waals surface area contributed by atoms with Crippen LogP contribution in [0.2, 0.25) is 0 Å². The Bertz CT molecular complexity index is 307. The predicted octanol–water partition coefficient (Wildman–Crippen LogP) is 0.271. The molecule has 6 nitrogen and oxygen atoms in total. The van der Waals surface area contributed by atoms with E-state index in [1.807, 2.05) is 20.8 Å². The number of hydrogen-bond donors (Lipinski definition) is 3. The Morgan fingerprint density at radius 1 is 1.18 bits per heavy atom. The average Bonchev–Trinajstić information content (AvgIpc) is 2.11. The van der Waals surface area contributed by atoms with E-state index in [1.165, 1.54) is 0 Å². The number of carboxylic acids is 1. The lowest BCUT2D eigenvalue weighted by Gasteiger charge is -2.23. The van der Waals surface area contributed by atoms with Crippen molar-refractivity contribution in [3.63, 3.8) is 0 Å². The first-order valence-corrected chi connectivity index (χ1v) is 5.45. The van der Waals surface area contributed by atoms with E-state index in [9.17, 15) is 14.4 Å². The Labute approximate surface area is 101 Å². The van der Waals surface area contributed by atoms with Crippen molar-refractivity contribution in [3.05, 3.63) is 0 Å². The summed E-state index contributed by atoms with van der Waals surface area (Å²) in [4.78, 5) is 33.1. The first-order chi connectivity index (χ1) is 7.61. The number of nitrogens with one attached hydrogen (secondary N) is 2. The fourth-order valence-corrected chi connectivity index (χ4v) is 1.08. The molecule has 0 aliphatic heterocycles. The standard InChI is InChI=1S/C11H20N2O4/c1-7(10(17)13-11(2,3)4)12-8(14)5-6-9(15)16/h7H,5-6H2,1-4H3,(H,12,14)(H,13,17)(H,15,16). The summed E-state index contributed by atoms with van der Waals surface area (Å²) < 4.78 is 0. The average molecular weight is 244 g/mol. The highest BCUT2D eigenvalue weighted by Gasteiger charge is 2.20. The SMILES string of the molecule is CC(NC(=O)CCC(=O)O)C(=O)NC(C)(C)C. The van der Waals surface area contributed by atoms with Crippen LogP contribution in [-0.2, 0) is 14.4 Å². The van der Waals surface area contributed by atoms with Crippen LogP contribution in [0, 0.1) is 0 Å². The molecular weight excluding hydrogens is 224 g/mol. The highest BCUT2D eigenvalue weighted by atomic mass is 16.4. The third kappa shape index (κ3) is 8.24. The van der Waals surface area contributed by atoms with Gasteiger partial charge in [0.1, 0.15) is 6.04 Å². The van der Waals surface area contributed by atoms with Crippen molar-refractivity contribution in [2.75, 3.05) is 0 Å². The lowest BCUT2D eigenvalue weighted by molar-refractivity contribution is -0.139. The second-order valence-electron chi connectivity index (χ2n) is 4.92. The minimum absolute atomic E-state index is 0.123. The molecule has 17 heavy (non-hydrogen) atoms. The van der Waals surface area contributed by atoms with Gasteiger partial charge < -0.3 is 15.7 Å². The number of carboxylic acid groups (broad SMARTS) is 1. The summed E-state index contributed by atoms with van der Waals surface area (Å²) in [5.74, 6) is -1.77. The maximum Gasteiger partial charge on any atom is 0.303 e. The van der Waals surface area contributed by atoms with Crippen molar-refractivity contribution in [1.29, 1.82) is 0 Å². The molecule has 0 radical (unpaired) electrons. The van der Waals surface area contributed by atoms with Crippen molar-refractivity contribution in [1.82, 2.24) is 10.6 Å². The van der Waals surface area contributed by atoms with Gasteiger partial charge in [0, 0.05) is 12.0 Å². The molecule has 0 saturated carbocycles. The first kappa shape index (κ1) is 15.4. The Morgan fingerprint density at radius 2 is 1.71 bits per heavy atom. The smallest absolute Gasteiger partial charge is 0.303 e. The summed E-state index contributed by atoms with van der Waals surface area (Å²) in [7, 11) is 0. The summed E-state index contributed by atoms with van der Waals surface area (Å²) >= 11 is 0. The van der Waals surface area contributed by atoms with Crippen molar-refractivity contribution < 1.29 is 19.5 Å². The van der Waals surface area contributed by atoms with E-state index in [-0.39, 0.29) is 24.3 Å². The van der Waals surface area contributed by atoms with Crippen molar-refractivity contribution >= 4 is 17.8 Å². The largest absolute Gasteiger partial charge is 0.481 e. The molecule has 0 fully saturated rings. The van der Waals surface area contributed by atoms with Gasteiger partial charge in [-0.2, -0.15) is 0 Å². The molecule has 3 N–H and O–H groups in total. The lowest BCUT2D eigenvalue weighted by Crippen LogP contribution is -2.50. The lowest BCUT2D eigenvalue weighted by atomic mass is 10.1. The van der Waals surface area contributed by atoms with Gasteiger partial charge in [-0.3, -0.25) is 14.4 Å². The summed E-state index contributed by atoms with van der Waals surface area (Å²) in [6.45, 7) is 7.07. The summed E-state index contributed by atoms with van der Waals surface area (Å²) in [5.41, 5.74) is -0.364. The van der Waals surface area contributed by atoms with E-state index in [0.717, 1.165) is 0 Å². The zero-order chi connectivity index (χ0) is 13.6. The number of rotatable bonds is 5. The van der Waals surface area contributed by atoms with Gasteiger partial charge in [0.05, 0.1) is 6.42 Å². The van der Waals surface area contributed by atoms with E-state index >= 15 is 0 Å². The maximum atomic E-state index is 11.6. The number of carbonyl (C=O) groups excluding carboxylic acids is 2. The number of amides is 2. The topological polar surface area (TPSA) is 95.5 Å². The summed E-state index contributed by atoms with van der Waals surface area (Å²) in [5, 5.41) is 13.6. The molecule has 1 unspecified atom stereocenters. The van der Waals surface area contributed by atoms with Gasteiger partial charge in [0.25, 0.3) is 0 Å². The molecule has 0 rings (SSSR count). The van der Waals surface area contributed by atoms with Gasteiger partial charge >= 0.3 is 5.97 Å². The normalized spacial score (nSPS) is 12.7. The van der Waals surface area contributed by atoms with Crippen molar-refractivity contribution in [3.8, 4) is 0 Å². The Morgan fingerprint density at radius 3 is 2.12 bits per heavy atom. The second-order valence-corrected chi connectivity index (χ2v) is 4.92. The number of hydrogen-bond acceptors (Lipinski definition) is 3. The minimum Gasteiger partial charge on any atom is -0.481 e. The van der Waals surface area contributed by atoms with Gasteiger partial charge in [0.15, 0.2) is 0 Å². The molecule has 2 amide bonds. The molecule has 0 aliphatic rings. The van der Waals surface area contributed by atoms with Crippen LogP contribution in [0.15, 0.2) is 0 Å². The highest BCUT2D eigenvalue weighted by molar-refractivity contribution is 5.88. The molecular formula is C11H20N2O4.